The molecule has 0 spiro atoms. The van der Waals surface area contributed by atoms with E-state index in [1.54, 1.807) is 0 Å². The topological polar surface area (TPSA) is 35.2 Å². The van der Waals surface area contributed by atoms with Gasteiger partial charge in [0.05, 0.1) is 5.02 Å². The maximum Gasteiger partial charge on any atom is 0.146 e. The number of rotatable bonds is 4. The largest absolute Gasteiger partial charge is 0.456 e. The summed E-state index contributed by atoms with van der Waals surface area (Å²) in [7, 11) is 0. The number of benzene rings is 2. The minimum Gasteiger partial charge on any atom is -0.456 e. The maximum absolute atomic E-state index is 6.22. The summed E-state index contributed by atoms with van der Waals surface area (Å²) in [5, 5.41) is 1.30. The van der Waals surface area contributed by atoms with E-state index in [0.29, 0.717) is 10.8 Å². The second-order valence-electron chi connectivity index (χ2n) is 4.69. The molecular formula is C16H17Cl2NO. The number of ether oxygens (including phenoxy) is 1. The highest BCUT2D eigenvalue weighted by Crippen LogP contribution is 2.32. The summed E-state index contributed by atoms with van der Waals surface area (Å²) >= 11 is 12.3. The summed E-state index contributed by atoms with van der Waals surface area (Å²) in [6.07, 6.45) is 0.855. The lowest BCUT2D eigenvalue weighted by molar-refractivity contribution is 0.482. The van der Waals surface area contributed by atoms with Crippen LogP contribution < -0.4 is 10.5 Å². The lowest BCUT2D eigenvalue weighted by Gasteiger charge is -2.12. The van der Waals surface area contributed by atoms with Gasteiger partial charge in [0.2, 0.25) is 0 Å². The van der Waals surface area contributed by atoms with Gasteiger partial charge in [-0.05, 0) is 54.8 Å². The van der Waals surface area contributed by atoms with Gasteiger partial charge < -0.3 is 10.5 Å². The number of hydrogen-bond donors (Lipinski definition) is 1. The summed E-state index contributed by atoms with van der Waals surface area (Å²) in [5.41, 5.74) is 7.85. The number of aryl methyl sites for hydroxylation is 1. The molecule has 0 fully saturated rings. The molecule has 2 aromatic carbocycles. The standard InChI is InChI=1S/C16H17Cl2NO/c1-3-11-8-13(5-6-14(11)17)20-16-7-4-12(10(2)19)9-15(16)18/h4-10H,3,19H2,1-2H3/t10-/m0/s1. The second kappa shape index (κ2) is 6.49. The SMILES string of the molecule is CCc1cc(Oc2ccc([C@H](C)N)cc2Cl)ccc1Cl. The Hall–Kier alpha value is -1.22. The van der Waals surface area contributed by atoms with Gasteiger partial charge in [-0.25, -0.2) is 0 Å². The zero-order chi connectivity index (χ0) is 14.7. The van der Waals surface area contributed by atoms with Gasteiger partial charge in [-0.15, -0.1) is 0 Å². The molecule has 2 N–H and O–H groups in total. The van der Waals surface area contributed by atoms with E-state index in [1.807, 2.05) is 43.3 Å². The normalized spacial score (nSPS) is 12.2. The summed E-state index contributed by atoms with van der Waals surface area (Å²) in [5.74, 6) is 1.34. The molecule has 2 aromatic rings. The van der Waals surface area contributed by atoms with Crippen LogP contribution in [0.15, 0.2) is 36.4 Å². The number of hydrogen-bond acceptors (Lipinski definition) is 2. The second-order valence-corrected chi connectivity index (χ2v) is 5.50. The highest BCUT2D eigenvalue weighted by atomic mass is 35.5. The summed E-state index contributed by atoms with van der Waals surface area (Å²) < 4.78 is 5.81. The molecule has 0 radical (unpaired) electrons. The van der Waals surface area contributed by atoms with Crippen LogP contribution >= 0.6 is 23.2 Å². The minimum atomic E-state index is -0.0521. The van der Waals surface area contributed by atoms with Gasteiger partial charge in [0.25, 0.3) is 0 Å². The summed E-state index contributed by atoms with van der Waals surface area (Å²) in [6.45, 7) is 3.97. The molecule has 2 rings (SSSR count). The zero-order valence-corrected chi connectivity index (χ0v) is 13.0. The first-order valence-corrected chi connectivity index (χ1v) is 7.28. The van der Waals surface area contributed by atoms with Gasteiger partial charge in [0, 0.05) is 11.1 Å². The zero-order valence-electron chi connectivity index (χ0n) is 11.5. The quantitative estimate of drug-likeness (QED) is 0.824. The van der Waals surface area contributed by atoms with Crippen LogP contribution in [-0.2, 0) is 6.42 Å². The first-order valence-electron chi connectivity index (χ1n) is 6.52. The molecule has 1 atom stereocenters. The Labute approximate surface area is 129 Å². The van der Waals surface area contributed by atoms with E-state index in [4.69, 9.17) is 33.7 Å². The van der Waals surface area contributed by atoms with Crippen molar-refractivity contribution in [3.63, 3.8) is 0 Å². The van der Waals surface area contributed by atoms with Gasteiger partial charge in [-0.3, -0.25) is 0 Å². The van der Waals surface area contributed by atoms with E-state index >= 15 is 0 Å². The molecule has 0 aliphatic rings. The van der Waals surface area contributed by atoms with Gasteiger partial charge >= 0.3 is 0 Å². The van der Waals surface area contributed by atoms with Crippen molar-refractivity contribution in [1.82, 2.24) is 0 Å². The van der Waals surface area contributed by atoms with Crippen LogP contribution in [0.3, 0.4) is 0 Å². The Kier molecular flexibility index (Phi) is 4.92. The molecule has 0 saturated carbocycles. The predicted octanol–water partition coefficient (Wildman–Crippen LogP) is 5.37. The highest BCUT2D eigenvalue weighted by Gasteiger charge is 2.08. The third-order valence-corrected chi connectivity index (χ3v) is 3.77. The van der Waals surface area contributed by atoms with Crippen LogP contribution in [0.2, 0.25) is 10.0 Å². The molecule has 20 heavy (non-hydrogen) atoms. The van der Waals surface area contributed by atoms with Gasteiger partial charge in [-0.1, -0.05) is 36.2 Å². The van der Waals surface area contributed by atoms with Crippen molar-refractivity contribution < 1.29 is 4.74 Å². The molecule has 4 heteroatoms. The molecule has 106 valence electrons. The Morgan fingerprint density at radius 3 is 2.45 bits per heavy atom. The fourth-order valence-corrected chi connectivity index (χ4v) is 2.37. The van der Waals surface area contributed by atoms with Crippen LogP contribution in [0.5, 0.6) is 11.5 Å². The molecule has 2 nitrogen and oxygen atoms in total. The van der Waals surface area contributed by atoms with E-state index in [2.05, 4.69) is 6.92 Å². The van der Waals surface area contributed by atoms with Crippen molar-refractivity contribution in [2.45, 2.75) is 26.3 Å². The fourth-order valence-electron chi connectivity index (χ4n) is 1.90. The molecule has 0 aliphatic heterocycles. The first-order chi connectivity index (χ1) is 9.51. The Bertz CT molecular complexity index is 611. The van der Waals surface area contributed by atoms with Crippen molar-refractivity contribution >= 4 is 23.2 Å². The van der Waals surface area contributed by atoms with Crippen molar-refractivity contribution in [3.05, 3.63) is 57.6 Å². The van der Waals surface area contributed by atoms with Crippen LogP contribution in [-0.4, -0.2) is 0 Å². The minimum absolute atomic E-state index is 0.0521. The van der Waals surface area contributed by atoms with E-state index in [9.17, 15) is 0 Å². The molecule has 0 amide bonds. The van der Waals surface area contributed by atoms with E-state index < -0.39 is 0 Å². The van der Waals surface area contributed by atoms with Gasteiger partial charge in [0.15, 0.2) is 0 Å². The third kappa shape index (κ3) is 3.45. The number of halogens is 2. The van der Waals surface area contributed by atoms with Crippen molar-refractivity contribution in [2.24, 2.45) is 5.73 Å². The van der Waals surface area contributed by atoms with Crippen LogP contribution in [0.4, 0.5) is 0 Å². The molecule has 0 aliphatic carbocycles. The van der Waals surface area contributed by atoms with E-state index in [0.717, 1.165) is 28.3 Å². The average molecular weight is 310 g/mol. The fraction of sp³-hybridized carbons (Fsp3) is 0.250. The summed E-state index contributed by atoms with van der Waals surface area (Å²) in [4.78, 5) is 0. The lowest BCUT2D eigenvalue weighted by Crippen LogP contribution is -2.04. The molecule has 0 saturated heterocycles. The van der Waals surface area contributed by atoms with Crippen LogP contribution in [0.1, 0.15) is 31.0 Å². The third-order valence-electron chi connectivity index (χ3n) is 3.11. The van der Waals surface area contributed by atoms with Crippen molar-refractivity contribution in [1.29, 1.82) is 0 Å². The van der Waals surface area contributed by atoms with E-state index in [1.165, 1.54) is 0 Å². The molecular weight excluding hydrogens is 293 g/mol. The molecule has 0 bridgehead atoms. The molecule has 0 aromatic heterocycles. The number of nitrogens with two attached hydrogens (primary N) is 1. The van der Waals surface area contributed by atoms with Gasteiger partial charge in [0.1, 0.15) is 11.5 Å². The highest BCUT2D eigenvalue weighted by molar-refractivity contribution is 6.32. The average Bonchev–Trinajstić information content (AvgIpc) is 2.42. The molecule has 0 heterocycles. The Balaban J connectivity index is 2.26. The first kappa shape index (κ1) is 15.2. The van der Waals surface area contributed by atoms with E-state index in [-0.39, 0.29) is 6.04 Å². The van der Waals surface area contributed by atoms with Crippen molar-refractivity contribution in [3.8, 4) is 11.5 Å². The molecule has 0 unspecified atom stereocenters. The van der Waals surface area contributed by atoms with Gasteiger partial charge in [-0.2, -0.15) is 0 Å². The maximum atomic E-state index is 6.22. The Morgan fingerprint density at radius 1 is 1.10 bits per heavy atom. The summed E-state index contributed by atoms with van der Waals surface area (Å²) in [6, 6.07) is 11.1. The Morgan fingerprint density at radius 2 is 1.85 bits per heavy atom. The van der Waals surface area contributed by atoms with Crippen molar-refractivity contribution in [2.75, 3.05) is 0 Å². The van der Waals surface area contributed by atoms with Crippen LogP contribution in [0, 0.1) is 0 Å². The van der Waals surface area contributed by atoms with Crippen LogP contribution in [0.25, 0.3) is 0 Å². The smallest absolute Gasteiger partial charge is 0.146 e. The predicted molar refractivity (Wildman–Crippen MR) is 85.0 cm³/mol. The lowest BCUT2D eigenvalue weighted by atomic mass is 10.1. The monoisotopic (exact) mass is 309 g/mol.